The molecule has 1 rings (SSSR count). The lowest BCUT2D eigenvalue weighted by Crippen LogP contribution is -2.57. The molecule has 1 heterocycles. The lowest BCUT2D eigenvalue weighted by atomic mass is 9.90. The van der Waals surface area contributed by atoms with Crippen molar-refractivity contribution in [2.24, 2.45) is 5.73 Å². The van der Waals surface area contributed by atoms with Crippen molar-refractivity contribution in [2.75, 3.05) is 33.9 Å². The number of nitrogens with two attached hydrogens (primary N) is 1. The molecule has 0 radical (unpaired) electrons. The van der Waals surface area contributed by atoms with Crippen molar-refractivity contribution < 1.29 is 19.1 Å². The number of hydrogen-bond donors (Lipinski definition) is 1. The number of rotatable bonds is 5. The molecule has 0 aliphatic carbocycles. The van der Waals surface area contributed by atoms with Crippen molar-refractivity contribution in [2.45, 2.75) is 31.2 Å². The molecule has 1 fully saturated rings. The van der Waals surface area contributed by atoms with Crippen LogP contribution in [0.1, 0.15) is 25.7 Å². The average molecular weight is 258 g/mol. The summed E-state index contributed by atoms with van der Waals surface area (Å²) in [5.74, 6) is -0.333. The molecule has 0 atom stereocenters. The minimum atomic E-state index is -0.807. The summed E-state index contributed by atoms with van der Waals surface area (Å²) in [6, 6.07) is 0. The molecule has 0 bridgehead atoms. The van der Waals surface area contributed by atoms with Crippen LogP contribution in [-0.4, -0.2) is 56.2 Å². The Balaban J connectivity index is 2.38. The maximum Gasteiger partial charge on any atom is 0.305 e. The van der Waals surface area contributed by atoms with Gasteiger partial charge in [0, 0.05) is 33.2 Å². The standard InChI is InChI=1S/C12H22N2O4/c1-14(7-3-4-10(15)17-2)11(16)12(13)5-8-18-9-6-12/h3-9,13H2,1-2H3. The minimum absolute atomic E-state index is 0.0735. The molecule has 0 unspecified atom stereocenters. The highest BCUT2D eigenvalue weighted by molar-refractivity contribution is 5.86. The number of methoxy groups -OCH3 is 1. The fourth-order valence-corrected chi connectivity index (χ4v) is 1.99. The summed E-state index contributed by atoms with van der Waals surface area (Å²) >= 11 is 0. The van der Waals surface area contributed by atoms with E-state index in [1.807, 2.05) is 0 Å². The molecule has 0 aromatic heterocycles. The van der Waals surface area contributed by atoms with Crippen LogP contribution in [0.25, 0.3) is 0 Å². The van der Waals surface area contributed by atoms with E-state index in [0.717, 1.165) is 0 Å². The van der Waals surface area contributed by atoms with Crippen molar-refractivity contribution in [3.63, 3.8) is 0 Å². The Kier molecular flexibility index (Phi) is 5.55. The van der Waals surface area contributed by atoms with Crippen LogP contribution in [0, 0.1) is 0 Å². The second kappa shape index (κ2) is 6.70. The van der Waals surface area contributed by atoms with Crippen molar-refractivity contribution >= 4 is 11.9 Å². The molecule has 0 spiro atoms. The SMILES string of the molecule is COC(=O)CCCN(C)C(=O)C1(N)CCOCC1. The molecule has 2 N–H and O–H groups in total. The van der Waals surface area contributed by atoms with E-state index in [0.29, 0.717) is 45.4 Å². The normalized spacial score (nSPS) is 18.2. The molecule has 1 aliphatic rings. The molecular weight excluding hydrogens is 236 g/mol. The van der Waals surface area contributed by atoms with Gasteiger partial charge in [0.2, 0.25) is 5.91 Å². The van der Waals surface area contributed by atoms with E-state index in [-0.39, 0.29) is 11.9 Å². The summed E-state index contributed by atoms with van der Waals surface area (Å²) < 4.78 is 9.76. The number of ether oxygens (including phenoxy) is 2. The first-order valence-corrected chi connectivity index (χ1v) is 6.18. The molecule has 0 aromatic rings. The molecule has 6 nitrogen and oxygen atoms in total. The molecule has 0 saturated carbocycles. The first-order valence-electron chi connectivity index (χ1n) is 6.18. The van der Waals surface area contributed by atoms with Gasteiger partial charge in [-0.25, -0.2) is 0 Å². The van der Waals surface area contributed by atoms with Gasteiger partial charge in [-0.05, 0) is 19.3 Å². The third kappa shape index (κ3) is 3.96. The number of amides is 1. The van der Waals surface area contributed by atoms with Crippen LogP contribution in [0.3, 0.4) is 0 Å². The van der Waals surface area contributed by atoms with E-state index >= 15 is 0 Å². The van der Waals surface area contributed by atoms with Crippen molar-refractivity contribution in [1.82, 2.24) is 4.90 Å². The number of esters is 1. The Bertz CT molecular complexity index is 300. The highest BCUT2D eigenvalue weighted by Crippen LogP contribution is 2.20. The van der Waals surface area contributed by atoms with Crippen LogP contribution < -0.4 is 5.73 Å². The molecule has 0 aromatic carbocycles. The van der Waals surface area contributed by atoms with E-state index < -0.39 is 5.54 Å². The van der Waals surface area contributed by atoms with Crippen molar-refractivity contribution in [3.8, 4) is 0 Å². The van der Waals surface area contributed by atoms with Crippen LogP contribution in [-0.2, 0) is 19.1 Å². The first-order chi connectivity index (χ1) is 8.49. The Morgan fingerprint density at radius 3 is 2.56 bits per heavy atom. The van der Waals surface area contributed by atoms with E-state index in [1.54, 1.807) is 11.9 Å². The largest absolute Gasteiger partial charge is 0.469 e. The van der Waals surface area contributed by atoms with Gasteiger partial charge < -0.3 is 20.1 Å². The third-order valence-corrected chi connectivity index (χ3v) is 3.26. The number of carbonyl (C=O) groups excluding carboxylic acids is 2. The number of hydrogen-bond acceptors (Lipinski definition) is 5. The molecule has 18 heavy (non-hydrogen) atoms. The summed E-state index contributed by atoms with van der Waals surface area (Å²) in [6.07, 6.45) is 2.00. The minimum Gasteiger partial charge on any atom is -0.469 e. The van der Waals surface area contributed by atoms with E-state index in [4.69, 9.17) is 10.5 Å². The molecule has 104 valence electrons. The van der Waals surface area contributed by atoms with Crippen LogP contribution in [0.15, 0.2) is 0 Å². The highest BCUT2D eigenvalue weighted by Gasteiger charge is 2.37. The zero-order valence-electron chi connectivity index (χ0n) is 11.1. The molecule has 1 saturated heterocycles. The van der Waals surface area contributed by atoms with Gasteiger partial charge in [-0.15, -0.1) is 0 Å². The Labute approximate surface area is 107 Å². The first kappa shape index (κ1) is 14.9. The van der Waals surface area contributed by atoms with Gasteiger partial charge >= 0.3 is 5.97 Å². The topological polar surface area (TPSA) is 81.9 Å². The van der Waals surface area contributed by atoms with Crippen LogP contribution in [0.2, 0.25) is 0 Å². The fourth-order valence-electron chi connectivity index (χ4n) is 1.99. The number of carbonyl (C=O) groups is 2. The summed E-state index contributed by atoms with van der Waals surface area (Å²) in [5, 5.41) is 0. The highest BCUT2D eigenvalue weighted by atomic mass is 16.5. The van der Waals surface area contributed by atoms with Crippen LogP contribution in [0.4, 0.5) is 0 Å². The van der Waals surface area contributed by atoms with Gasteiger partial charge in [0.1, 0.15) is 0 Å². The van der Waals surface area contributed by atoms with Gasteiger partial charge in [0.25, 0.3) is 0 Å². The Morgan fingerprint density at radius 2 is 2.00 bits per heavy atom. The van der Waals surface area contributed by atoms with E-state index in [1.165, 1.54) is 7.11 Å². The predicted octanol–water partition coefficient (Wildman–Crippen LogP) is -0.0941. The zero-order chi connectivity index (χ0) is 13.6. The summed E-state index contributed by atoms with van der Waals surface area (Å²) in [5.41, 5.74) is 5.29. The maximum atomic E-state index is 12.2. The molecule has 1 aliphatic heterocycles. The Hall–Kier alpha value is -1.14. The van der Waals surface area contributed by atoms with Crippen LogP contribution in [0.5, 0.6) is 0 Å². The predicted molar refractivity (Wildman–Crippen MR) is 65.9 cm³/mol. The van der Waals surface area contributed by atoms with Crippen LogP contribution >= 0.6 is 0 Å². The van der Waals surface area contributed by atoms with E-state index in [2.05, 4.69) is 4.74 Å². The zero-order valence-corrected chi connectivity index (χ0v) is 11.1. The summed E-state index contributed by atoms with van der Waals surface area (Å²) in [6.45, 7) is 1.56. The van der Waals surface area contributed by atoms with Gasteiger partial charge in [0.15, 0.2) is 0 Å². The second-order valence-corrected chi connectivity index (χ2v) is 4.67. The van der Waals surface area contributed by atoms with Crippen molar-refractivity contribution in [1.29, 1.82) is 0 Å². The lowest BCUT2D eigenvalue weighted by Gasteiger charge is -2.35. The number of likely N-dealkylation sites (N-methyl/N-ethyl adjacent to an activating group) is 1. The summed E-state index contributed by atoms with van der Waals surface area (Å²) in [4.78, 5) is 24.7. The fraction of sp³-hybridized carbons (Fsp3) is 0.833. The maximum absolute atomic E-state index is 12.2. The second-order valence-electron chi connectivity index (χ2n) is 4.67. The Morgan fingerprint density at radius 1 is 1.39 bits per heavy atom. The third-order valence-electron chi connectivity index (χ3n) is 3.26. The van der Waals surface area contributed by atoms with Gasteiger partial charge in [-0.2, -0.15) is 0 Å². The molecular formula is C12H22N2O4. The van der Waals surface area contributed by atoms with Gasteiger partial charge in [-0.1, -0.05) is 0 Å². The van der Waals surface area contributed by atoms with Gasteiger partial charge in [-0.3, -0.25) is 9.59 Å². The van der Waals surface area contributed by atoms with E-state index in [9.17, 15) is 9.59 Å². The molecule has 6 heteroatoms. The summed E-state index contributed by atoms with van der Waals surface area (Å²) in [7, 11) is 3.07. The molecule has 1 amide bonds. The van der Waals surface area contributed by atoms with Crippen molar-refractivity contribution in [3.05, 3.63) is 0 Å². The smallest absolute Gasteiger partial charge is 0.305 e. The average Bonchev–Trinajstić information content (AvgIpc) is 2.38. The van der Waals surface area contributed by atoms with Gasteiger partial charge in [0.05, 0.1) is 12.6 Å². The monoisotopic (exact) mass is 258 g/mol. The quantitative estimate of drug-likeness (QED) is 0.697. The number of nitrogens with zero attached hydrogens (tertiary/aromatic N) is 1. The lowest BCUT2D eigenvalue weighted by molar-refractivity contribution is -0.142.